The van der Waals surface area contributed by atoms with Crippen molar-refractivity contribution in [3.05, 3.63) is 136 Å². The SMILES string of the molecule is CCOC(=O)C[C@@H](Cc1ccc(-c2cccc(Cl)c2)cc1)NC(=O)c1cc(C(=O)O)[nH]n1.CCOC(=O)C[C@H](N)Cc1ccc(-c2cccc(Cl)c2)cc1. The Morgan fingerprint density at radius 1 is 0.722 bits per heavy atom. The Hall–Kier alpha value is -5.49. The van der Waals surface area contributed by atoms with Gasteiger partial charge in [-0.15, -0.1) is 0 Å². The minimum absolute atomic E-state index is 0.0359. The van der Waals surface area contributed by atoms with Gasteiger partial charge in [0.1, 0.15) is 5.69 Å². The molecule has 0 radical (unpaired) electrons. The molecule has 54 heavy (non-hydrogen) atoms. The van der Waals surface area contributed by atoms with Crippen molar-refractivity contribution in [2.24, 2.45) is 5.73 Å². The molecule has 0 bridgehead atoms. The van der Waals surface area contributed by atoms with Crippen LogP contribution in [0.25, 0.3) is 22.3 Å². The molecule has 0 saturated carbocycles. The van der Waals surface area contributed by atoms with Crippen LogP contribution in [0.15, 0.2) is 103 Å². The smallest absolute Gasteiger partial charge is 0.353 e. The molecule has 0 unspecified atom stereocenters. The molecule has 5 aromatic rings. The van der Waals surface area contributed by atoms with Gasteiger partial charge in [0.15, 0.2) is 5.69 Å². The molecule has 13 heteroatoms. The molecule has 5 rings (SSSR count). The third-order valence-corrected chi connectivity index (χ3v) is 8.50. The maximum atomic E-state index is 12.5. The molecule has 1 aromatic heterocycles. The van der Waals surface area contributed by atoms with E-state index in [4.69, 9.17) is 43.5 Å². The molecule has 0 saturated heterocycles. The molecule has 4 aromatic carbocycles. The first kappa shape index (κ1) is 41.3. The van der Waals surface area contributed by atoms with Crippen molar-refractivity contribution in [3.8, 4) is 22.3 Å². The number of hydrogen-bond acceptors (Lipinski definition) is 8. The third kappa shape index (κ3) is 13.2. The summed E-state index contributed by atoms with van der Waals surface area (Å²) in [5.41, 5.74) is 11.9. The van der Waals surface area contributed by atoms with Gasteiger partial charge in [-0.05, 0) is 84.3 Å². The molecule has 0 aliphatic rings. The number of carbonyl (C=O) groups is 4. The maximum Gasteiger partial charge on any atom is 0.353 e. The zero-order valence-electron chi connectivity index (χ0n) is 29.9. The molecule has 0 aliphatic carbocycles. The van der Waals surface area contributed by atoms with Gasteiger partial charge in [0.2, 0.25) is 0 Å². The van der Waals surface area contributed by atoms with Crippen LogP contribution in [0.4, 0.5) is 0 Å². The van der Waals surface area contributed by atoms with Crippen molar-refractivity contribution in [2.75, 3.05) is 13.2 Å². The molecule has 282 valence electrons. The minimum atomic E-state index is -1.22. The fourth-order valence-corrected chi connectivity index (χ4v) is 5.88. The van der Waals surface area contributed by atoms with Gasteiger partial charge in [0.05, 0.1) is 26.1 Å². The van der Waals surface area contributed by atoms with E-state index in [0.717, 1.165) is 44.5 Å². The van der Waals surface area contributed by atoms with Crippen LogP contribution in [0.3, 0.4) is 0 Å². The lowest BCUT2D eigenvalue weighted by molar-refractivity contribution is -0.144. The molecular formula is C41H42Cl2N4O7. The highest BCUT2D eigenvalue weighted by Gasteiger charge is 2.21. The number of carboxylic acids is 1. The van der Waals surface area contributed by atoms with E-state index in [-0.39, 0.29) is 42.8 Å². The second-order valence-electron chi connectivity index (χ2n) is 12.2. The van der Waals surface area contributed by atoms with E-state index >= 15 is 0 Å². The second kappa shape index (κ2) is 20.7. The van der Waals surface area contributed by atoms with Crippen molar-refractivity contribution >= 4 is 47.0 Å². The first-order chi connectivity index (χ1) is 25.9. The largest absolute Gasteiger partial charge is 0.477 e. The summed E-state index contributed by atoms with van der Waals surface area (Å²) in [6, 6.07) is 31.4. The zero-order chi connectivity index (χ0) is 39.0. The van der Waals surface area contributed by atoms with Gasteiger partial charge in [-0.1, -0.05) is 96.0 Å². The number of nitrogens with one attached hydrogen (secondary N) is 2. The molecule has 11 nitrogen and oxygen atoms in total. The molecule has 0 spiro atoms. The first-order valence-electron chi connectivity index (χ1n) is 17.3. The lowest BCUT2D eigenvalue weighted by Crippen LogP contribution is -2.38. The number of aromatic amines is 1. The van der Waals surface area contributed by atoms with Gasteiger partial charge < -0.3 is 25.6 Å². The molecule has 1 heterocycles. The molecule has 1 amide bonds. The average molecular weight is 774 g/mol. The van der Waals surface area contributed by atoms with Gasteiger partial charge >= 0.3 is 17.9 Å². The number of carbonyl (C=O) groups excluding carboxylic acids is 3. The molecule has 5 N–H and O–H groups in total. The summed E-state index contributed by atoms with van der Waals surface area (Å²) in [5, 5.41) is 19.1. The number of hydrogen-bond donors (Lipinski definition) is 4. The minimum Gasteiger partial charge on any atom is -0.477 e. The number of halogens is 2. The van der Waals surface area contributed by atoms with Crippen molar-refractivity contribution in [1.29, 1.82) is 0 Å². The van der Waals surface area contributed by atoms with E-state index in [1.807, 2.05) is 91.0 Å². The Balaban J connectivity index is 0.000000258. The number of nitrogens with zero attached hydrogens (tertiary/aromatic N) is 1. The van der Waals surface area contributed by atoms with Crippen LogP contribution in [0, 0.1) is 0 Å². The highest BCUT2D eigenvalue weighted by atomic mass is 35.5. The predicted octanol–water partition coefficient (Wildman–Crippen LogP) is 7.55. The van der Waals surface area contributed by atoms with Crippen LogP contribution in [0.1, 0.15) is 58.8 Å². The highest BCUT2D eigenvalue weighted by molar-refractivity contribution is 6.31. The van der Waals surface area contributed by atoms with E-state index in [0.29, 0.717) is 24.5 Å². The molecular weight excluding hydrogens is 731 g/mol. The number of rotatable bonds is 15. The summed E-state index contributed by atoms with van der Waals surface area (Å²) in [5.74, 6) is -2.50. The standard InChI is InChI=1S/C23H22ClN3O5.C18H20ClNO2/c1-2-32-21(28)12-18(25-22(29)19-13-20(23(30)31)27-26-19)10-14-6-8-15(9-7-14)16-4-3-5-17(24)11-16;1-2-22-18(21)12-17(20)10-13-6-8-14(9-7-13)15-4-3-5-16(19)11-15/h3-9,11,13,18H,2,10,12H2,1H3,(H,25,29)(H,26,27)(H,30,31);3-9,11,17H,2,10,12,20H2,1H3/t18-;17-/m11/s1. The lowest BCUT2D eigenvalue weighted by Gasteiger charge is -2.18. The molecule has 0 fully saturated rings. The number of ether oxygens (including phenoxy) is 2. The second-order valence-corrected chi connectivity index (χ2v) is 13.1. The van der Waals surface area contributed by atoms with E-state index in [9.17, 15) is 19.2 Å². The summed E-state index contributed by atoms with van der Waals surface area (Å²) in [4.78, 5) is 47.0. The number of esters is 2. The summed E-state index contributed by atoms with van der Waals surface area (Å²) >= 11 is 12.1. The third-order valence-electron chi connectivity index (χ3n) is 8.03. The van der Waals surface area contributed by atoms with Crippen molar-refractivity contribution in [2.45, 2.75) is 51.6 Å². The molecule has 0 aliphatic heterocycles. The number of aromatic carboxylic acids is 1. The summed E-state index contributed by atoms with van der Waals surface area (Å²) < 4.78 is 9.93. The Morgan fingerprint density at radius 3 is 1.69 bits per heavy atom. The van der Waals surface area contributed by atoms with Crippen LogP contribution in [0.5, 0.6) is 0 Å². The van der Waals surface area contributed by atoms with E-state index in [2.05, 4.69) is 15.5 Å². The predicted molar refractivity (Wildman–Crippen MR) is 208 cm³/mol. The van der Waals surface area contributed by atoms with Crippen molar-refractivity contribution in [1.82, 2.24) is 15.5 Å². The van der Waals surface area contributed by atoms with E-state index in [1.54, 1.807) is 19.9 Å². The first-order valence-corrected chi connectivity index (χ1v) is 18.1. The Labute approximate surface area is 323 Å². The summed E-state index contributed by atoms with van der Waals surface area (Å²) in [7, 11) is 0. The van der Waals surface area contributed by atoms with Gasteiger partial charge in [-0.2, -0.15) is 5.10 Å². The maximum absolute atomic E-state index is 12.5. The normalized spacial score (nSPS) is 11.7. The van der Waals surface area contributed by atoms with Gasteiger partial charge in [0.25, 0.3) is 5.91 Å². The lowest BCUT2D eigenvalue weighted by atomic mass is 9.99. The Kier molecular flexibility index (Phi) is 15.8. The van der Waals surface area contributed by atoms with Gasteiger partial charge in [-0.3, -0.25) is 19.5 Å². The fraction of sp³-hybridized carbons (Fsp3) is 0.244. The van der Waals surface area contributed by atoms with Gasteiger partial charge in [-0.25, -0.2) is 4.79 Å². The number of amides is 1. The number of benzene rings is 4. The number of H-pyrrole nitrogens is 1. The van der Waals surface area contributed by atoms with E-state index in [1.165, 1.54) is 0 Å². The number of nitrogens with two attached hydrogens (primary N) is 1. The van der Waals surface area contributed by atoms with E-state index < -0.39 is 23.9 Å². The van der Waals surface area contributed by atoms with Crippen molar-refractivity contribution in [3.63, 3.8) is 0 Å². The zero-order valence-corrected chi connectivity index (χ0v) is 31.4. The van der Waals surface area contributed by atoms with Gasteiger partial charge in [0, 0.05) is 28.2 Å². The number of carboxylic acid groups (broad SMARTS) is 1. The fourth-order valence-electron chi connectivity index (χ4n) is 5.50. The Bertz CT molecular complexity index is 2020. The van der Waals surface area contributed by atoms with Crippen LogP contribution < -0.4 is 11.1 Å². The molecule has 2 atom stereocenters. The highest BCUT2D eigenvalue weighted by Crippen LogP contribution is 2.25. The van der Waals surface area contributed by atoms with Crippen LogP contribution in [-0.2, 0) is 31.9 Å². The summed E-state index contributed by atoms with van der Waals surface area (Å²) in [6.07, 6.45) is 1.22. The summed E-state index contributed by atoms with van der Waals surface area (Å²) in [6.45, 7) is 4.12. The van der Waals surface area contributed by atoms with Crippen molar-refractivity contribution < 1.29 is 33.8 Å². The Morgan fingerprint density at radius 2 is 1.22 bits per heavy atom. The number of aromatic nitrogens is 2. The quantitative estimate of drug-likeness (QED) is 0.0784. The topological polar surface area (TPSA) is 174 Å². The van der Waals surface area contributed by atoms with Crippen LogP contribution in [-0.4, -0.2) is 64.4 Å². The van der Waals surface area contributed by atoms with Crippen LogP contribution >= 0.6 is 23.2 Å². The average Bonchev–Trinajstić information content (AvgIpc) is 3.64. The monoisotopic (exact) mass is 772 g/mol. The van der Waals surface area contributed by atoms with Crippen LogP contribution in [0.2, 0.25) is 10.0 Å².